The second kappa shape index (κ2) is 8.17. The van der Waals surface area contributed by atoms with E-state index in [4.69, 9.17) is 0 Å². The lowest BCUT2D eigenvalue weighted by Gasteiger charge is -2.34. The van der Waals surface area contributed by atoms with Crippen LogP contribution in [0.2, 0.25) is 0 Å². The minimum atomic E-state index is -0.367. The van der Waals surface area contributed by atoms with Gasteiger partial charge < -0.3 is 9.80 Å². The van der Waals surface area contributed by atoms with E-state index in [1.165, 1.54) is 11.3 Å². The fraction of sp³-hybridized carbons (Fsp3) is 0.600. The largest absolute Gasteiger partial charge is 0.336 e. The molecule has 2 rings (SSSR count). The third kappa shape index (κ3) is 4.15. The Bertz CT molecular complexity index is 421. The maximum atomic E-state index is 12.0. The first-order valence-electron chi connectivity index (χ1n) is 7.13. The summed E-state index contributed by atoms with van der Waals surface area (Å²) < 4.78 is 0. The number of thiophene rings is 1. The van der Waals surface area contributed by atoms with Crippen LogP contribution < -0.4 is 0 Å². The van der Waals surface area contributed by atoms with Gasteiger partial charge in [-0.15, -0.1) is 11.3 Å². The van der Waals surface area contributed by atoms with Crippen LogP contribution in [-0.4, -0.2) is 54.7 Å². The first kappa shape index (κ1) is 16.9. The molecule has 0 spiro atoms. The summed E-state index contributed by atoms with van der Waals surface area (Å²) in [6.45, 7) is 5.36. The number of hydrogen-bond donors (Lipinski definition) is 0. The number of hydrogen-bond acceptors (Lipinski definition) is 4. The van der Waals surface area contributed by atoms with Gasteiger partial charge in [-0.1, -0.05) is 19.9 Å². The highest BCUT2D eigenvalue weighted by molar-refractivity contribution is 7.12. The van der Waals surface area contributed by atoms with Crippen LogP contribution in [0.1, 0.15) is 36.4 Å². The molecule has 0 N–H and O–H groups in total. The Hall–Kier alpha value is -1.20. The van der Waals surface area contributed by atoms with Crippen molar-refractivity contribution >= 4 is 23.0 Å². The molecule has 5 heteroatoms. The van der Waals surface area contributed by atoms with E-state index in [-0.39, 0.29) is 11.7 Å². The molecule has 0 atom stereocenters. The van der Waals surface area contributed by atoms with E-state index < -0.39 is 0 Å². The molecule has 20 heavy (non-hydrogen) atoms. The third-order valence-electron chi connectivity index (χ3n) is 3.42. The van der Waals surface area contributed by atoms with Crippen LogP contribution in [0.3, 0.4) is 0 Å². The number of Topliss-reactive ketones (excluding diaryl/α,β-unsaturated/α-hetero) is 1. The van der Waals surface area contributed by atoms with Crippen LogP contribution in [0.5, 0.6) is 0 Å². The maximum Gasteiger partial charge on any atom is 0.295 e. The minimum absolute atomic E-state index is 0.352. The third-order valence-corrected chi connectivity index (χ3v) is 4.29. The predicted molar refractivity (Wildman–Crippen MR) is 83.3 cm³/mol. The molecule has 1 amide bonds. The standard InChI is InChI=1S/C13H18N2O2S.C2H6/c1-14(2)10-5-7-15(8-6-10)13(17)12(16)11-4-3-9-18-11;1-2/h3-4,9-10H,5-8H2,1-2H3;1-2H3. The van der Waals surface area contributed by atoms with Crippen LogP contribution in [0, 0.1) is 0 Å². The molecule has 1 saturated heterocycles. The van der Waals surface area contributed by atoms with Crippen molar-refractivity contribution in [3.63, 3.8) is 0 Å². The predicted octanol–water partition coefficient (Wildman–Crippen LogP) is 2.51. The topological polar surface area (TPSA) is 40.6 Å². The number of piperidine rings is 1. The monoisotopic (exact) mass is 296 g/mol. The molecule has 0 aromatic carbocycles. The van der Waals surface area contributed by atoms with E-state index in [2.05, 4.69) is 19.0 Å². The molecule has 2 heterocycles. The molecule has 0 saturated carbocycles. The molecule has 1 aliphatic heterocycles. The molecule has 1 fully saturated rings. The summed E-state index contributed by atoms with van der Waals surface area (Å²) in [7, 11) is 4.11. The molecule has 1 aromatic rings. The second-order valence-electron chi connectivity index (χ2n) is 4.79. The first-order valence-corrected chi connectivity index (χ1v) is 8.01. The molecule has 1 aromatic heterocycles. The molecule has 0 unspecified atom stereocenters. The molecule has 0 aliphatic carbocycles. The zero-order valence-electron chi connectivity index (χ0n) is 12.8. The van der Waals surface area contributed by atoms with Crippen LogP contribution in [0.15, 0.2) is 17.5 Å². The summed E-state index contributed by atoms with van der Waals surface area (Å²) in [5.41, 5.74) is 0. The van der Waals surface area contributed by atoms with Crippen LogP contribution in [0.25, 0.3) is 0 Å². The van der Waals surface area contributed by atoms with Crippen molar-refractivity contribution in [2.75, 3.05) is 27.2 Å². The fourth-order valence-corrected chi connectivity index (χ4v) is 2.90. The molecule has 112 valence electrons. The van der Waals surface area contributed by atoms with E-state index >= 15 is 0 Å². The highest BCUT2D eigenvalue weighted by atomic mass is 32.1. The first-order chi connectivity index (χ1) is 9.59. The van der Waals surface area contributed by atoms with Gasteiger partial charge in [0, 0.05) is 19.1 Å². The summed E-state index contributed by atoms with van der Waals surface area (Å²) in [6.07, 6.45) is 1.88. The van der Waals surface area contributed by atoms with Crippen molar-refractivity contribution in [3.8, 4) is 0 Å². The lowest BCUT2D eigenvalue weighted by Crippen LogP contribution is -2.46. The van der Waals surface area contributed by atoms with Crippen molar-refractivity contribution < 1.29 is 9.59 Å². The van der Waals surface area contributed by atoms with Gasteiger partial charge in [0.2, 0.25) is 0 Å². The van der Waals surface area contributed by atoms with Gasteiger partial charge in [0.1, 0.15) is 0 Å². The van der Waals surface area contributed by atoms with E-state index in [1.807, 2.05) is 19.2 Å². The van der Waals surface area contributed by atoms with Gasteiger partial charge in [0.05, 0.1) is 4.88 Å². The lowest BCUT2D eigenvalue weighted by atomic mass is 10.0. The number of carbonyl (C=O) groups excluding carboxylic acids is 2. The quantitative estimate of drug-likeness (QED) is 0.635. The van der Waals surface area contributed by atoms with Crippen molar-refractivity contribution in [2.24, 2.45) is 0 Å². The average molecular weight is 296 g/mol. The van der Waals surface area contributed by atoms with Crippen molar-refractivity contribution in [3.05, 3.63) is 22.4 Å². The van der Waals surface area contributed by atoms with Gasteiger partial charge in [-0.05, 0) is 38.4 Å². The number of ketones is 1. The van der Waals surface area contributed by atoms with Gasteiger partial charge in [0.15, 0.2) is 0 Å². The number of carbonyl (C=O) groups is 2. The summed E-state index contributed by atoms with van der Waals surface area (Å²) in [5, 5.41) is 1.82. The Kier molecular flexibility index (Phi) is 6.88. The van der Waals surface area contributed by atoms with E-state index in [1.54, 1.807) is 17.0 Å². The number of likely N-dealkylation sites (tertiary alicyclic amines) is 1. The molecule has 4 nitrogen and oxygen atoms in total. The highest BCUT2D eigenvalue weighted by Gasteiger charge is 2.28. The number of rotatable bonds is 3. The smallest absolute Gasteiger partial charge is 0.295 e. The Morgan fingerprint density at radius 3 is 2.30 bits per heavy atom. The Morgan fingerprint density at radius 2 is 1.85 bits per heavy atom. The lowest BCUT2D eigenvalue weighted by molar-refractivity contribution is -0.127. The maximum absolute atomic E-state index is 12.0. The van der Waals surface area contributed by atoms with Crippen molar-refractivity contribution in [2.45, 2.75) is 32.7 Å². The summed E-state index contributed by atoms with van der Waals surface area (Å²) in [5.74, 6) is -0.719. The van der Waals surface area contributed by atoms with Gasteiger partial charge >= 0.3 is 0 Å². The molecule has 0 bridgehead atoms. The Morgan fingerprint density at radius 1 is 1.25 bits per heavy atom. The summed E-state index contributed by atoms with van der Waals surface area (Å²) in [4.78, 5) is 28.4. The normalized spacial score (nSPS) is 15.8. The number of nitrogens with zero attached hydrogens (tertiary/aromatic N) is 2. The van der Waals surface area contributed by atoms with E-state index in [0.29, 0.717) is 24.0 Å². The van der Waals surface area contributed by atoms with E-state index in [0.717, 1.165) is 12.8 Å². The molecule has 0 radical (unpaired) electrons. The molecular weight excluding hydrogens is 272 g/mol. The van der Waals surface area contributed by atoms with Crippen LogP contribution >= 0.6 is 11.3 Å². The van der Waals surface area contributed by atoms with Crippen LogP contribution in [0.4, 0.5) is 0 Å². The van der Waals surface area contributed by atoms with Gasteiger partial charge in [-0.25, -0.2) is 0 Å². The minimum Gasteiger partial charge on any atom is -0.336 e. The van der Waals surface area contributed by atoms with Crippen molar-refractivity contribution in [1.82, 2.24) is 9.80 Å². The fourth-order valence-electron chi connectivity index (χ4n) is 2.24. The average Bonchev–Trinajstić information content (AvgIpc) is 3.02. The van der Waals surface area contributed by atoms with Gasteiger partial charge in [-0.2, -0.15) is 0 Å². The second-order valence-corrected chi connectivity index (χ2v) is 5.74. The van der Waals surface area contributed by atoms with Crippen LogP contribution in [-0.2, 0) is 4.79 Å². The van der Waals surface area contributed by atoms with Gasteiger partial charge in [-0.3, -0.25) is 9.59 Å². The zero-order chi connectivity index (χ0) is 15.1. The summed E-state index contributed by atoms with van der Waals surface area (Å²) in [6, 6.07) is 4.02. The van der Waals surface area contributed by atoms with Crippen molar-refractivity contribution in [1.29, 1.82) is 0 Å². The number of amides is 1. The Labute approximate surface area is 125 Å². The summed E-state index contributed by atoms with van der Waals surface area (Å²) >= 11 is 1.32. The zero-order valence-corrected chi connectivity index (χ0v) is 13.6. The Balaban J connectivity index is 0.000000956. The van der Waals surface area contributed by atoms with Gasteiger partial charge in [0.25, 0.3) is 11.7 Å². The van der Waals surface area contributed by atoms with E-state index in [9.17, 15) is 9.59 Å². The molecule has 1 aliphatic rings. The molecular formula is C15H24N2O2S. The SMILES string of the molecule is CC.CN(C)C1CCN(C(=O)C(=O)c2cccs2)CC1. The highest BCUT2D eigenvalue weighted by Crippen LogP contribution is 2.17.